The summed E-state index contributed by atoms with van der Waals surface area (Å²) in [7, 11) is -1.70. The van der Waals surface area contributed by atoms with Gasteiger partial charge in [0.05, 0.1) is 6.16 Å². The van der Waals surface area contributed by atoms with Crippen molar-refractivity contribution in [3.8, 4) is 0 Å². The van der Waals surface area contributed by atoms with E-state index in [1.165, 1.54) is 22.3 Å². The Bertz CT molecular complexity index is 779. The molecule has 3 aromatic rings. The van der Waals surface area contributed by atoms with Crippen molar-refractivity contribution in [3.63, 3.8) is 0 Å². The number of rotatable bonds is 10. The van der Waals surface area contributed by atoms with Crippen molar-refractivity contribution < 1.29 is 0 Å². The Morgan fingerprint density at radius 3 is 1.46 bits per heavy atom. The molecule has 0 heterocycles. The second-order valence-electron chi connectivity index (χ2n) is 6.91. The van der Waals surface area contributed by atoms with E-state index < -0.39 is 7.26 Å². The Kier molecular flexibility index (Phi) is 7.67. The summed E-state index contributed by atoms with van der Waals surface area (Å²) < 4.78 is 0. The van der Waals surface area contributed by atoms with Crippen LogP contribution < -0.4 is 15.9 Å². The Morgan fingerprint density at radius 2 is 1.04 bits per heavy atom. The molecule has 28 heavy (non-hydrogen) atoms. The van der Waals surface area contributed by atoms with Crippen LogP contribution in [0.1, 0.15) is 25.7 Å². The lowest BCUT2D eigenvalue weighted by molar-refractivity contribution is 0.675. The average Bonchev–Trinajstić information content (AvgIpc) is 2.78. The third-order valence-corrected chi connectivity index (χ3v) is 9.68. The van der Waals surface area contributed by atoms with Gasteiger partial charge in [-0.15, -0.1) is 0 Å². The monoisotopic (exact) mass is 388 g/mol. The van der Waals surface area contributed by atoms with Gasteiger partial charge in [0, 0.05) is 11.5 Å². The van der Waals surface area contributed by atoms with Gasteiger partial charge in [0.2, 0.25) is 0 Å². The van der Waals surface area contributed by atoms with E-state index in [9.17, 15) is 0 Å². The van der Waals surface area contributed by atoms with Crippen molar-refractivity contribution in [1.82, 2.24) is 0 Å². The maximum absolute atomic E-state index is 8.42. The Hall–Kier alpha value is -2.60. The highest BCUT2D eigenvalue weighted by molar-refractivity contribution is 7.95. The molecule has 0 saturated carbocycles. The molecule has 0 aliphatic carbocycles. The van der Waals surface area contributed by atoms with Crippen LogP contribution in [0.15, 0.2) is 96.1 Å². The molecule has 0 bridgehead atoms. The van der Waals surface area contributed by atoms with Crippen LogP contribution in [0.5, 0.6) is 0 Å². The van der Waals surface area contributed by atoms with Gasteiger partial charge in [0.25, 0.3) is 0 Å². The minimum absolute atomic E-state index is 0.604. The summed E-state index contributed by atoms with van der Waals surface area (Å²) in [6.45, 7) is 0.604. The van der Waals surface area contributed by atoms with Crippen molar-refractivity contribution in [2.45, 2.75) is 25.7 Å². The fourth-order valence-electron chi connectivity index (χ4n) is 3.81. The predicted octanol–water partition coefficient (Wildman–Crippen LogP) is 5.85. The van der Waals surface area contributed by atoms with E-state index in [0.29, 0.717) is 6.54 Å². The first-order valence-electron chi connectivity index (χ1n) is 9.94. The third-order valence-electron chi connectivity index (χ3n) is 5.16. The topological polar surface area (TPSA) is 48.8 Å². The first-order valence-corrected chi connectivity index (χ1v) is 11.9. The minimum Gasteiger partial charge on any atom is -0.0940 e. The van der Waals surface area contributed by atoms with Crippen LogP contribution in [0.4, 0.5) is 0 Å². The molecule has 0 saturated heterocycles. The highest BCUT2D eigenvalue weighted by Gasteiger charge is 2.44. The molecular weight excluding hydrogens is 361 g/mol. The zero-order valence-corrected chi connectivity index (χ0v) is 17.1. The fraction of sp³-hybridized carbons (Fsp3) is 0.250. The van der Waals surface area contributed by atoms with Crippen molar-refractivity contribution in [1.29, 1.82) is 0 Å². The molecule has 0 aliphatic rings. The maximum Gasteiger partial charge on any atom is 0.112 e. The zero-order valence-electron chi connectivity index (χ0n) is 16.2. The van der Waals surface area contributed by atoms with E-state index in [2.05, 4.69) is 101 Å². The lowest BCUT2D eigenvalue weighted by Crippen LogP contribution is -2.33. The van der Waals surface area contributed by atoms with Crippen molar-refractivity contribution >= 4 is 23.2 Å². The summed E-state index contributed by atoms with van der Waals surface area (Å²) in [5.74, 6) is 0. The number of hydrogen-bond donors (Lipinski definition) is 0. The summed E-state index contributed by atoms with van der Waals surface area (Å²) in [4.78, 5) is 2.84. The van der Waals surface area contributed by atoms with E-state index in [1.807, 2.05) is 0 Å². The van der Waals surface area contributed by atoms with Crippen LogP contribution in [-0.2, 0) is 0 Å². The minimum atomic E-state index is -1.70. The summed E-state index contributed by atoms with van der Waals surface area (Å²) in [6.07, 6.45) is 5.57. The van der Waals surface area contributed by atoms with Crippen LogP contribution in [0.25, 0.3) is 10.4 Å². The summed E-state index contributed by atoms with van der Waals surface area (Å²) in [6, 6.07) is 33.1. The molecule has 0 unspecified atom stereocenters. The Morgan fingerprint density at radius 1 is 0.607 bits per heavy atom. The number of hydrogen-bond acceptors (Lipinski definition) is 1. The largest absolute Gasteiger partial charge is 0.112 e. The summed E-state index contributed by atoms with van der Waals surface area (Å²) in [5.41, 5.74) is 8.42. The molecule has 0 aromatic heterocycles. The molecule has 0 spiro atoms. The molecule has 3 nitrogen and oxygen atoms in total. The number of unbranched alkanes of at least 4 members (excludes halogenated alkanes) is 3. The zero-order chi connectivity index (χ0) is 19.5. The molecule has 0 radical (unpaired) electrons. The third kappa shape index (κ3) is 4.81. The van der Waals surface area contributed by atoms with E-state index in [1.54, 1.807) is 0 Å². The molecule has 0 N–H and O–H groups in total. The highest BCUT2D eigenvalue weighted by Crippen LogP contribution is 2.55. The number of azide groups is 1. The molecule has 0 atom stereocenters. The SMILES string of the molecule is [N-]=[N+]=NCCCCCC[P+](c1ccccc1)(c1ccccc1)c1ccccc1. The van der Waals surface area contributed by atoms with Gasteiger partial charge in [0.15, 0.2) is 0 Å². The highest BCUT2D eigenvalue weighted by atomic mass is 31.2. The van der Waals surface area contributed by atoms with Gasteiger partial charge in [0.1, 0.15) is 23.2 Å². The molecule has 142 valence electrons. The normalized spacial score (nSPS) is 11.0. The van der Waals surface area contributed by atoms with E-state index in [4.69, 9.17) is 5.53 Å². The smallest absolute Gasteiger partial charge is 0.0940 e. The maximum atomic E-state index is 8.42. The summed E-state index contributed by atoms with van der Waals surface area (Å²) >= 11 is 0. The lowest BCUT2D eigenvalue weighted by atomic mass is 10.2. The molecule has 3 aromatic carbocycles. The number of benzene rings is 3. The van der Waals surface area contributed by atoms with Crippen LogP contribution >= 0.6 is 7.26 Å². The molecule has 0 fully saturated rings. The second-order valence-corrected chi connectivity index (χ2v) is 10.5. The molecule has 0 aliphatic heterocycles. The quantitative estimate of drug-likeness (QED) is 0.137. The van der Waals surface area contributed by atoms with Crippen molar-refractivity contribution in [3.05, 3.63) is 101 Å². The van der Waals surface area contributed by atoms with Gasteiger partial charge >= 0.3 is 0 Å². The van der Waals surface area contributed by atoms with Crippen molar-refractivity contribution in [2.75, 3.05) is 12.7 Å². The van der Waals surface area contributed by atoms with Crippen molar-refractivity contribution in [2.24, 2.45) is 5.11 Å². The Labute approximate surface area is 168 Å². The van der Waals surface area contributed by atoms with Crippen LogP contribution in [-0.4, -0.2) is 12.7 Å². The van der Waals surface area contributed by atoms with Crippen LogP contribution in [0, 0.1) is 0 Å². The van der Waals surface area contributed by atoms with Gasteiger partial charge in [-0.25, -0.2) is 0 Å². The van der Waals surface area contributed by atoms with E-state index in [-0.39, 0.29) is 0 Å². The average molecular weight is 388 g/mol. The first kappa shape index (κ1) is 20.1. The molecule has 3 rings (SSSR count). The first-order chi connectivity index (χ1) is 13.9. The summed E-state index contributed by atoms with van der Waals surface area (Å²) in [5, 5.41) is 7.99. The predicted molar refractivity (Wildman–Crippen MR) is 122 cm³/mol. The molecular formula is C24H27N3P+. The molecule has 4 heteroatoms. The van der Waals surface area contributed by atoms with Gasteiger partial charge in [-0.1, -0.05) is 66.1 Å². The van der Waals surface area contributed by atoms with Gasteiger partial charge < -0.3 is 0 Å². The molecule has 0 amide bonds. The second kappa shape index (κ2) is 10.7. The lowest BCUT2D eigenvalue weighted by Gasteiger charge is -2.27. The van der Waals surface area contributed by atoms with Gasteiger partial charge in [-0.05, 0) is 61.2 Å². The van der Waals surface area contributed by atoms with Crippen LogP contribution in [0.3, 0.4) is 0 Å². The van der Waals surface area contributed by atoms with Crippen LogP contribution in [0.2, 0.25) is 0 Å². The Balaban J connectivity index is 1.94. The number of nitrogens with zero attached hydrogens (tertiary/aromatic N) is 3. The standard InChI is InChI=1S/C24H27N3P/c25-27-26-20-12-1-2-13-21-28(22-14-6-3-7-15-22,23-16-8-4-9-17-23)24-18-10-5-11-19-24/h3-11,14-19H,1-2,12-13,20-21H2/q+1. The van der Waals surface area contributed by atoms with E-state index >= 15 is 0 Å². The van der Waals surface area contributed by atoms with Gasteiger partial charge in [-0.2, -0.15) is 0 Å². The van der Waals surface area contributed by atoms with E-state index in [0.717, 1.165) is 25.4 Å². The van der Waals surface area contributed by atoms with Gasteiger partial charge in [-0.3, -0.25) is 0 Å². The fourth-order valence-corrected chi connectivity index (χ4v) is 8.22.